The lowest BCUT2D eigenvalue weighted by atomic mass is 9.70. The van der Waals surface area contributed by atoms with Gasteiger partial charge in [-0.1, -0.05) is 54.6 Å². The van der Waals surface area contributed by atoms with Gasteiger partial charge in [0.1, 0.15) is 0 Å². The standard InChI is InChI=1S/C36H46N2O4/c1-4-37(22(3)39)35-27-15-14-26(19-27)33(35)25-13-9-12-24(18-25)29-20-28-21-30(29)34(23-10-7-6-8-11-23)36(28)38(5-2)31(40)16-17-32(41)42/h6-13,18,26-30,33-36H,4-5,14-17,19-21H2,1-3H3,(H,41,42). The number of carboxylic acid groups (broad SMARTS) is 1. The summed E-state index contributed by atoms with van der Waals surface area (Å²) < 4.78 is 0. The summed E-state index contributed by atoms with van der Waals surface area (Å²) in [7, 11) is 0. The number of hydrogen-bond donors (Lipinski definition) is 1. The normalized spacial score (nSPS) is 32.7. The molecule has 6 rings (SSSR count). The fraction of sp³-hybridized carbons (Fsp3) is 0.583. The Labute approximate surface area is 250 Å². The molecule has 2 aromatic carbocycles. The molecule has 4 aliphatic carbocycles. The van der Waals surface area contributed by atoms with E-state index in [1.54, 1.807) is 6.92 Å². The minimum Gasteiger partial charge on any atom is -0.481 e. The molecule has 2 aromatic rings. The molecule has 0 spiro atoms. The molecular formula is C36H46N2O4. The summed E-state index contributed by atoms with van der Waals surface area (Å²) in [5, 5.41) is 9.21. The first kappa shape index (κ1) is 28.9. The third kappa shape index (κ3) is 5.05. The van der Waals surface area contributed by atoms with Crippen molar-refractivity contribution in [2.45, 2.75) is 95.6 Å². The number of carboxylic acids is 1. The molecule has 6 nitrogen and oxygen atoms in total. The van der Waals surface area contributed by atoms with Gasteiger partial charge in [-0.25, -0.2) is 0 Å². The van der Waals surface area contributed by atoms with E-state index in [1.807, 2.05) is 11.8 Å². The summed E-state index contributed by atoms with van der Waals surface area (Å²) in [5.74, 6) is 2.39. The van der Waals surface area contributed by atoms with Gasteiger partial charge < -0.3 is 14.9 Å². The van der Waals surface area contributed by atoms with Crippen LogP contribution in [0.3, 0.4) is 0 Å². The highest BCUT2D eigenvalue weighted by atomic mass is 16.4. The van der Waals surface area contributed by atoms with Crippen molar-refractivity contribution in [3.63, 3.8) is 0 Å². The van der Waals surface area contributed by atoms with Crippen LogP contribution in [0.25, 0.3) is 0 Å². The maximum atomic E-state index is 13.3. The van der Waals surface area contributed by atoms with Crippen LogP contribution in [-0.4, -0.2) is 57.9 Å². The van der Waals surface area contributed by atoms with Gasteiger partial charge in [-0.2, -0.15) is 0 Å². The summed E-state index contributed by atoms with van der Waals surface area (Å²) in [5.41, 5.74) is 4.10. The van der Waals surface area contributed by atoms with E-state index in [0.717, 1.165) is 19.4 Å². The van der Waals surface area contributed by atoms with Crippen molar-refractivity contribution in [2.75, 3.05) is 13.1 Å². The number of fused-ring (bicyclic) bond motifs is 4. The molecule has 0 aliphatic heterocycles. The van der Waals surface area contributed by atoms with Crippen molar-refractivity contribution in [1.29, 1.82) is 0 Å². The predicted octanol–water partition coefficient (Wildman–Crippen LogP) is 6.43. The first-order valence-corrected chi connectivity index (χ1v) is 16.3. The number of nitrogens with zero attached hydrogens (tertiary/aromatic N) is 2. The lowest BCUT2D eigenvalue weighted by molar-refractivity contribution is -0.142. The average Bonchev–Trinajstić information content (AvgIpc) is 3.78. The molecule has 4 aliphatic rings. The minimum atomic E-state index is -0.921. The number of carbonyl (C=O) groups is 3. The van der Waals surface area contributed by atoms with Crippen LogP contribution < -0.4 is 0 Å². The molecule has 224 valence electrons. The summed E-state index contributed by atoms with van der Waals surface area (Å²) in [6, 6.07) is 20.4. The molecule has 4 fully saturated rings. The minimum absolute atomic E-state index is 0.0368. The van der Waals surface area contributed by atoms with Gasteiger partial charge in [0.2, 0.25) is 11.8 Å². The zero-order chi connectivity index (χ0) is 29.5. The van der Waals surface area contributed by atoms with Gasteiger partial charge in [-0.3, -0.25) is 14.4 Å². The molecular weight excluding hydrogens is 524 g/mol. The van der Waals surface area contributed by atoms with E-state index in [4.69, 9.17) is 0 Å². The molecule has 0 saturated heterocycles. The maximum Gasteiger partial charge on any atom is 0.303 e. The topological polar surface area (TPSA) is 77.9 Å². The molecule has 42 heavy (non-hydrogen) atoms. The molecule has 6 heteroatoms. The molecule has 9 unspecified atom stereocenters. The second kappa shape index (κ2) is 11.9. The number of carbonyl (C=O) groups excluding carboxylic acids is 2. The molecule has 4 bridgehead atoms. The van der Waals surface area contributed by atoms with Crippen LogP contribution in [0.15, 0.2) is 54.6 Å². The highest BCUT2D eigenvalue weighted by Crippen LogP contribution is 2.61. The maximum absolute atomic E-state index is 13.3. The van der Waals surface area contributed by atoms with E-state index in [0.29, 0.717) is 48.1 Å². The van der Waals surface area contributed by atoms with Crippen molar-refractivity contribution in [3.05, 3.63) is 71.3 Å². The second-order valence-corrected chi connectivity index (χ2v) is 13.3. The summed E-state index contributed by atoms with van der Waals surface area (Å²) in [6.07, 6.45) is 5.82. The summed E-state index contributed by atoms with van der Waals surface area (Å²) >= 11 is 0. The highest BCUT2D eigenvalue weighted by Gasteiger charge is 2.56. The van der Waals surface area contributed by atoms with Crippen LogP contribution in [-0.2, 0) is 14.4 Å². The van der Waals surface area contributed by atoms with Crippen molar-refractivity contribution >= 4 is 17.8 Å². The zero-order valence-corrected chi connectivity index (χ0v) is 25.3. The van der Waals surface area contributed by atoms with Gasteiger partial charge in [-0.15, -0.1) is 0 Å². The van der Waals surface area contributed by atoms with Crippen molar-refractivity contribution < 1.29 is 19.5 Å². The Morgan fingerprint density at radius 2 is 1.40 bits per heavy atom. The molecule has 0 radical (unpaired) electrons. The Morgan fingerprint density at radius 1 is 0.738 bits per heavy atom. The summed E-state index contributed by atoms with van der Waals surface area (Å²) in [4.78, 5) is 41.3. The number of aliphatic carboxylic acids is 1. The fourth-order valence-corrected chi connectivity index (χ4v) is 10.0. The van der Waals surface area contributed by atoms with Crippen LogP contribution in [0.4, 0.5) is 0 Å². The van der Waals surface area contributed by atoms with Crippen molar-refractivity contribution in [1.82, 2.24) is 9.80 Å². The van der Waals surface area contributed by atoms with E-state index in [-0.39, 0.29) is 36.6 Å². The number of likely N-dealkylation sites (N-methyl/N-ethyl adjacent to an activating group) is 2. The van der Waals surface area contributed by atoms with E-state index in [9.17, 15) is 19.5 Å². The zero-order valence-electron chi connectivity index (χ0n) is 25.3. The highest BCUT2D eigenvalue weighted by molar-refractivity contribution is 5.81. The number of hydrogen-bond acceptors (Lipinski definition) is 3. The van der Waals surface area contributed by atoms with Gasteiger partial charge in [0.15, 0.2) is 0 Å². The third-order valence-corrected chi connectivity index (χ3v) is 11.4. The Morgan fingerprint density at radius 3 is 2.10 bits per heavy atom. The lowest BCUT2D eigenvalue weighted by Crippen LogP contribution is -2.47. The van der Waals surface area contributed by atoms with Crippen LogP contribution in [0, 0.1) is 23.7 Å². The van der Waals surface area contributed by atoms with Crippen molar-refractivity contribution in [2.24, 2.45) is 23.7 Å². The molecule has 0 aromatic heterocycles. The summed E-state index contributed by atoms with van der Waals surface area (Å²) in [6.45, 7) is 7.24. The molecule has 0 heterocycles. The Kier molecular flexibility index (Phi) is 8.17. The van der Waals surface area contributed by atoms with Gasteiger partial charge in [0.05, 0.1) is 6.42 Å². The number of amides is 2. The fourth-order valence-electron chi connectivity index (χ4n) is 10.0. The second-order valence-electron chi connectivity index (χ2n) is 13.3. The van der Waals surface area contributed by atoms with Crippen LogP contribution >= 0.6 is 0 Å². The molecule has 9 atom stereocenters. The predicted molar refractivity (Wildman–Crippen MR) is 163 cm³/mol. The van der Waals surface area contributed by atoms with Gasteiger partial charge in [0, 0.05) is 50.4 Å². The molecule has 4 saturated carbocycles. The Bertz CT molecular complexity index is 1310. The third-order valence-electron chi connectivity index (χ3n) is 11.4. The Balaban J connectivity index is 1.30. The van der Waals surface area contributed by atoms with Crippen LogP contribution in [0.2, 0.25) is 0 Å². The Hall–Kier alpha value is -3.15. The smallest absolute Gasteiger partial charge is 0.303 e. The van der Waals surface area contributed by atoms with Crippen molar-refractivity contribution in [3.8, 4) is 0 Å². The quantitative estimate of drug-likeness (QED) is 0.357. The van der Waals surface area contributed by atoms with Gasteiger partial charge in [0.25, 0.3) is 0 Å². The van der Waals surface area contributed by atoms with Gasteiger partial charge in [-0.05, 0) is 92.2 Å². The van der Waals surface area contributed by atoms with E-state index in [2.05, 4.69) is 66.4 Å². The largest absolute Gasteiger partial charge is 0.481 e. The number of rotatable bonds is 10. The van der Waals surface area contributed by atoms with E-state index < -0.39 is 5.97 Å². The SMILES string of the molecule is CCN(C(C)=O)C1C2CCC(C2)C1c1cccc(C2CC3CC2C(c2ccccc2)C3N(CC)C(=O)CCC(=O)O)c1. The molecule has 1 N–H and O–H groups in total. The first-order chi connectivity index (χ1) is 20.3. The molecule has 2 amide bonds. The van der Waals surface area contributed by atoms with Gasteiger partial charge >= 0.3 is 5.97 Å². The van der Waals surface area contributed by atoms with Crippen LogP contribution in [0.5, 0.6) is 0 Å². The van der Waals surface area contributed by atoms with E-state index >= 15 is 0 Å². The average molecular weight is 571 g/mol. The monoisotopic (exact) mass is 570 g/mol. The number of benzene rings is 2. The van der Waals surface area contributed by atoms with E-state index in [1.165, 1.54) is 36.0 Å². The lowest BCUT2D eigenvalue weighted by Gasteiger charge is -2.43. The first-order valence-electron chi connectivity index (χ1n) is 16.3. The van der Waals surface area contributed by atoms with Crippen LogP contribution in [0.1, 0.15) is 100 Å².